The third-order valence-electron chi connectivity index (χ3n) is 4.15. The lowest BCUT2D eigenvalue weighted by atomic mass is 10.0. The maximum absolute atomic E-state index is 6.11. The highest BCUT2D eigenvalue weighted by Crippen LogP contribution is 2.31. The maximum Gasteiger partial charge on any atom is 0.124 e. The molecule has 1 aliphatic heterocycles. The van der Waals surface area contributed by atoms with Crippen molar-refractivity contribution in [2.24, 2.45) is 5.73 Å². The monoisotopic (exact) mass is 306 g/mol. The summed E-state index contributed by atoms with van der Waals surface area (Å²) in [6.45, 7) is 9.60. The van der Waals surface area contributed by atoms with E-state index in [4.69, 9.17) is 15.2 Å². The summed E-state index contributed by atoms with van der Waals surface area (Å²) in [7, 11) is 0. The third kappa shape index (κ3) is 4.45. The molecule has 0 aromatic heterocycles. The molecule has 4 heteroatoms. The quantitative estimate of drug-likeness (QED) is 0.787. The second-order valence-corrected chi connectivity index (χ2v) is 6.20. The van der Waals surface area contributed by atoms with E-state index >= 15 is 0 Å². The zero-order valence-electron chi connectivity index (χ0n) is 14.1. The van der Waals surface area contributed by atoms with Crippen LogP contribution in [0.25, 0.3) is 0 Å². The molecule has 0 aliphatic carbocycles. The molecular formula is C18H30N2O2. The molecule has 22 heavy (non-hydrogen) atoms. The summed E-state index contributed by atoms with van der Waals surface area (Å²) >= 11 is 0. The Morgan fingerprint density at radius 1 is 1.27 bits per heavy atom. The largest absolute Gasteiger partial charge is 0.493 e. The molecular weight excluding hydrogens is 276 g/mol. The van der Waals surface area contributed by atoms with Crippen molar-refractivity contribution in [3.8, 4) is 5.75 Å². The zero-order chi connectivity index (χ0) is 15.9. The summed E-state index contributed by atoms with van der Waals surface area (Å²) in [5.74, 6) is 0.971. The Kier molecular flexibility index (Phi) is 6.68. The van der Waals surface area contributed by atoms with Crippen LogP contribution in [0.4, 0.5) is 0 Å². The van der Waals surface area contributed by atoms with Gasteiger partial charge in [0.2, 0.25) is 0 Å². The smallest absolute Gasteiger partial charge is 0.124 e. The van der Waals surface area contributed by atoms with Gasteiger partial charge in [-0.2, -0.15) is 0 Å². The van der Waals surface area contributed by atoms with Gasteiger partial charge in [-0.15, -0.1) is 0 Å². The minimum atomic E-state index is 0.187. The Morgan fingerprint density at radius 3 is 2.59 bits per heavy atom. The minimum absolute atomic E-state index is 0.187. The van der Waals surface area contributed by atoms with Gasteiger partial charge in [-0.05, 0) is 26.3 Å². The molecule has 1 aromatic carbocycles. The number of morpholine rings is 1. The Bertz CT molecular complexity index is 442. The molecule has 0 radical (unpaired) electrons. The second kappa shape index (κ2) is 8.51. The van der Waals surface area contributed by atoms with E-state index in [1.807, 2.05) is 6.07 Å². The molecule has 2 N–H and O–H groups in total. The van der Waals surface area contributed by atoms with Gasteiger partial charge in [-0.25, -0.2) is 0 Å². The molecule has 0 spiro atoms. The molecule has 3 atom stereocenters. The predicted octanol–water partition coefficient (Wildman–Crippen LogP) is 2.97. The van der Waals surface area contributed by atoms with Gasteiger partial charge in [0.25, 0.3) is 0 Å². The van der Waals surface area contributed by atoms with E-state index in [1.165, 1.54) is 5.56 Å². The van der Waals surface area contributed by atoms with Gasteiger partial charge >= 0.3 is 0 Å². The molecule has 3 unspecified atom stereocenters. The van der Waals surface area contributed by atoms with Gasteiger partial charge in [0.05, 0.1) is 24.9 Å². The highest BCUT2D eigenvalue weighted by Gasteiger charge is 2.29. The Morgan fingerprint density at radius 2 is 1.95 bits per heavy atom. The maximum atomic E-state index is 6.11. The van der Waals surface area contributed by atoms with Crippen LogP contribution in [-0.4, -0.2) is 43.3 Å². The number of para-hydroxylation sites is 1. The van der Waals surface area contributed by atoms with Crippen molar-refractivity contribution in [2.45, 2.75) is 51.9 Å². The Balaban J connectivity index is 2.16. The van der Waals surface area contributed by atoms with Crippen molar-refractivity contribution >= 4 is 0 Å². The summed E-state index contributed by atoms with van der Waals surface area (Å²) in [5, 5.41) is 0. The number of unbranched alkanes of at least 4 members (excludes halogenated alkanes) is 1. The Hall–Kier alpha value is -1.10. The molecule has 0 saturated carbocycles. The van der Waals surface area contributed by atoms with Crippen LogP contribution >= 0.6 is 0 Å². The molecule has 0 amide bonds. The first-order chi connectivity index (χ1) is 10.7. The fraction of sp³-hybridized carbons (Fsp3) is 0.667. The highest BCUT2D eigenvalue weighted by atomic mass is 16.5. The van der Waals surface area contributed by atoms with Crippen molar-refractivity contribution in [3.05, 3.63) is 29.8 Å². The van der Waals surface area contributed by atoms with E-state index in [2.05, 4.69) is 43.9 Å². The first-order valence-corrected chi connectivity index (χ1v) is 8.47. The fourth-order valence-electron chi connectivity index (χ4n) is 3.16. The topological polar surface area (TPSA) is 47.7 Å². The van der Waals surface area contributed by atoms with Crippen LogP contribution in [0.3, 0.4) is 0 Å². The summed E-state index contributed by atoms with van der Waals surface area (Å²) in [6.07, 6.45) is 2.70. The van der Waals surface area contributed by atoms with Crippen molar-refractivity contribution in [3.63, 3.8) is 0 Å². The fourth-order valence-corrected chi connectivity index (χ4v) is 3.16. The standard InChI is InChI=1S/C18H30N2O2/c1-4-5-10-21-18-9-7-6-8-16(18)17(11-19)20-12-14(2)22-15(3)13-20/h6-9,14-15,17H,4-5,10-13,19H2,1-3H3. The summed E-state index contributed by atoms with van der Waals surface area (Å²) in [6, 6.07) is 8.48. The molecule has 4 nitrogen and oxygen atoms in total. The molecule has 0 bridgehead atoms. The normalized spacial score (nSPS) is 24.2. The van der Waals surface area contributed by atoms with Crippen LogP contribution in [0.1, 0.15) is 45.2 Å². The number of ether oxygens (including phenoxy) is 2. The van der Waals surface area contributed by atoms with E-state index in [9.17, 15) is 0 Å². The predicted molar refractivity (Wildman–Crippen MR) is 90.2 cm³/mol. The molecule has 2 rings (SSSR count). The van der Waals surface area contributed by atoms with Gasteiger partial charge in [0, 0.05) is 25.2 Å². The van der Waals surface area contributed by atoms with Crippen molar-refractivity contribution in [1.82, 2.24) is 4.90 Å². The molecule has 1 aromatic rings. The van der Waals surface area contributed by atoms with Gasteiger partial charge in [-0.1, -0.05) is 31.5 Å². The molecule has 1 saturated heterocycles. The van der Waals surface area contributed by atoms with Crippen LogP contribution < -0.4 is 10.5 Å². The lowest BCUT2D eigenvalue weighted by Crippen LogP contribution is -2.48. The molecule has 1 heterocycles. The average Bonchev–Trinajstić information content (AvgIpc) is 2.49. The van der Waals surface area contributed by atoms with E-state index in [0.717, 1.165) is 38.3 Å². The van der Waals surface area contributed by atoms with Crippen LogP contribution in [0.15, 0.2) is 24.3 Å². The lowest BCUT2D eigenvalue weighted by Gasteiger charge is -2.40. The lowest BCUT2D eigenvalue weighted by molar-refractivity contribution is -0.0801. The van der Waals surface area contributed by atoms with Gasteiger partial charge in [0.15, 0.2) is 0 Å². The number of hydrogen-bond donors (Lipinski definition) is 1. The molecule has 1 fully saturated rings. The molecule has 1 aliphatic rings. The van der Waals surface area contributed by atoms with Crippen LogP contribution in [0.5, 0.6) is 5.75 Å². The summed E-state index contributed by atoms with van der Waals surface area (Å²) < 4.78 is 11.8. The van der Waals surface area contributed by atoms with Crippen LogP contribution in [0, 0.1) is 0 Å². The number of benzene rings is 1. The number of rotatable bonds is 7. The SMILES string of the molecule is CCCCOc1ccccc1C(CN)N1CC(C)OC(C)C1. The number of nitrogens with zero attached hydrogens (tertiary/aromatic N) is 1. The van der Waals surface area contributed by atoms with Gasteiger partial charge in [-0.3, -0.25) is 4.90 Å². The van der Waals surface area contributed by atoms with E-state index in [1.54, 1.807) is 0 Å². The average molecular weight is 306 g/mol. The second-order valence-electron chi connectivity index (χ2n) is 6.20. The van der Waals surface area contributed by atoms with E-state index < -0.39 is 0 Å². The first-order valence-electron chi connectivity index (χ1n) is 8.47. The van der Waals surface area contributed by atoms with Crippen molar-refractivity contribution < 1.29 is 9.47 Å². The molecule has 124 valence electrons. The van der Waals surface area contributed by atoms with Crippen LogP contribution in [-0.2, 0) is 4.74 Å². The van der Waals surface area contributed by atoms with Gasteiger partial charge in [0.1, 0.15) is 5.75 Å². The minimum Gasteiger partial charge on any atom is -0.493 e. The zero-order valence-corrected chi connectivity index (χ0v) is 14.1. The first kappa shape index (κ1) is 17.3. The summed E-state index contributed by atoms with van der Waals surface area (Å²) in [5.41, 5.74) is 7.31. The van der Waals surface area contributed by atoms with E-state index in [0.29, 0.717) is 6.54 Å². The van der Waals surface area contributed by atoms with Crippen LogP contribution in [0.2, 0.25) is 0 Å². The number of nitrogens with two attached hydrogens (primary N) is 1. The van der Waals surface area contributed by atoms with Crippen molar-refractivity contribution in [1.29, 1.82) is 0 Å². The Labute approximate surface area is 134 Å². The third-order valence-corrected chi connectivity index (χ3v) is 4.15. The van der Waals surface area contributed by atoms with Crippen molar-refractivity contribution in [2.75, 3.05) is 26.2 Å². The highest BCUT2D eigenvalue weighted by molar-refractivity contribution is 5.36. The van der Waals surface area contributed by atoms with Gasteiger partial charge < -0.3 is 15.2 Å². The van der Waals surface area contributed by atoms with E-state index in [-0.39, 0.29) is 18.2 Å². The summed E-state index contributed by atoms with van der Waals surface area (Å²) in [4.78, 5) is 2.43. The number of hydrogen-bond acceptors (Lipinski definition) is 4.